The Morgan fingerprint density at radius 2 is 2.00 bits per heavy atom. The molecule has 0 amide bonds. The summed E-state index contributed by atoms with van der Waals surface area (Å²) in [6.45, 7) is 1.73. The first-order chi connectivity index (χ1) is 6.50. The fraction of sp³-hybridized carbons (Fsp3) is 0.889. The molecule has 0 aliphatic carbocycles. The molecule has 0 aliphatic rings. The number of hydrogen-bond acceptors (Lipinski definition) is 2. The number of rotatable bonds is 8. The molecule has 0 heterocycles. The Labute approximate surface area is 82.5 Å². The quantitative estimate of drug-likeness (QED) is 0.600. The van der Waals surface area contributed by atoms with E-state index in [1.807, 2.05) is 0 Å². The van der Waals surface area contributed by atoms with Gasteiger partial charge >= 0.3 is 11.9 Å². The van der Waals surface area contributed by atoms with Crippen LogP contribution in [0.2, 0.25) is 0 Å². The lowest BCUT2D eigenvalue weighted by molar-refractivity contribution is -0.163. The summed E-state index contributed by atoms with van der Waals surface area (Å²) in [7, 11) is 0. The summed E-state index contributed by atoms with van der Waals surface area (Å²) in [5.74, 6) is -5.72. The molecule has 0 aromatic carbocycles. The van der Waals surface area contributed by atoms with Crippen LogP contribution in [0.15, 0.2) is 0 Å². The lowest BCUT2D eigenvalue weighted by Crippen LogP contribution is -2.40. The largest absolute Gasteiger partial charge is 0.477 e. The Kier molecular flexibility index (Phi) is 6.36. The first-order valence-corrected chi connectivity index (χ1v) is 4.82. The van der Waals surface area contributed by atoms with Crippen LogP contribution in [-0.4, -0.2) is 30.1 Å². The Hall–Kier alpha value is -0.710. The van der Waals surface area contributed by atoms with E-state index in [0.717, 1.165) is 25.7 Å². The number of carbonyl (C=O) groups is 1. The molecule has 5 heteroatoms. The fourth-order valence-electron chi connectivity index (χ4n) is 0.998. The number of unbranched alkanes of at least 4 members (excludes halogenated alkanes) is 3. The number of carboxylic acids is 1. The SMILES string of the molecule is CCCCCCNCC(F)(F)C(=O)O. The van der Waals surface area contributed by atoms with Crippen molar-refractivity contribution in [2.24, 2.45) is 0 Å². The summed E-state index contributed by atoms with van der Waals surface area (Å²) >= 11 is 0. The molecular weight excluding hydrogens is 192 g/mol. The number of carboxylic acid groups (broad SMARTS) is 1. The molecule has 0 atom stereocenters. The minimum Gasteiger partial charge on any atom is -0.477 e. The van der Waals surface area contributed by atoms with Crippen molar-refractivity contribution in [3.63, 3.8) is 0 Å². The van der Waals surface area contributed by atoms with Crippen LogP contribution < -0.4 is 5.32 Å². The Balaban J connectivity index is 3.40. The first kappa shape index (κ1) is 13.3. The van der Waals surface area contributed by atoms with Gasteiger partial charge in [0.1, 0.15) is 0 Å². The predicted molar refractivity (Wildman–Crippen MR) is 49.6 cm³/mol. The second-order valence-corrected chi connectivity index (χ2v) is 3.25. The van der Waals surface area contributed by atoms with Crippen molar-refractivity contribution in [1.82, 2.24) is 5.32 Å². The van der Waals surface area contributed by atoms with Gasteiger partial charge in [-0.15, -0.1) is 0 Å². The van der Waals surface area contributed by atoms with Gasteiger partial charge in [-0.3, -0.25) is 0 Å². The van der Waals surface area contributed by atoms with E-state index in [-0.39, 0.29) is 0 Å². The van der Waals surface area contributed by atoms with Crippen molar-refractivity contribution < 1.29 is 18.7 Å². The molecule has 3 nitrogen and oxygen atoms in total. The minimum absolute atomic E-state index is 0.447. The molecule has 0 saturated heterocycles. The lowest BCUT2D eigenvalue weighted by atomic mass is 10.2. The van der Waals surface area contributed by atoms with E-state index in [9.17, 15) is 13.6 Å². The molecule has 0 unspecified atom stereocenters. The van der Waals surface area contributed by atoms with E-state index in [4.69, 9.17) is 5.11 Å². The highest BCUT2D eigenvalue weighted by molar-refractivity contribution is 5.75. The topological polar surface area (TPSA) is 49.3 Å². The lowest BCUT2D eigenvalue weighted by Gasteiger charge is -2.11. The van der Waals surface area contributed by atoms with Crippen LogP contribution in [-0.2, 0) is 4.79 Å². The molecule has 0 fully saturated rings. The number of nitrogens with one attached hydrogen (secondary N) is 1. The van der Waals surface area contributed by atoms with Crippen LogP contribution >= 0.6 is 0 Å². The van der Waals surface area contributed by atoms with Gasteiger partial charge in [-0.25, -0.2) is 4.79 Å². The second-order valence-electron chi connectivity index (χ2n) is 3.25. The normalized spacial score (nSPS) is 11.6. The fourth-order valence-corrected chi connectivity index (χ4v) is 0.998. The number of aliphatic carboxylic acids is 1. The number of alkyl halides is 2. The van der Waals surface area contributed by atoms with Crippen molar-refractivity contribution in [2.75, 3.05) is 13.1 Å². The van der Waals surface area contributed by atoms with Gasteiger partial charge < -0.3 is 10.4 Å². The predicted octanol–water partition coefficient (Wildman–Crippen LogP) is 1.88. The van der Waals surface area contributed by atoms with Gasteiger partial charge in [0.15, 0.2) is 0 Å². The molecule has 0 spiro atoms. The summed E-state index contributed by atoms with van der Waals surface area (Å²) in [5.41, 5.74) is 0. The van der Waals surface area contributed by atoms with Crippen molar-refractivity contribution in [1.29, 1.82) is 0 Å². The van der Waals surface area contributed by atoms with Crippen LogP contribution in [0.4, 0.5) is 8.78 Å². The standard InChI is InChI=1S/C9H17F2NO2/c1-2-3-4-5-6-12-7-9(10,11)8(13)14/h12H,2-7H2,1H3,(H,13,14). The maximum Gasteiger partial charge on any atom is 0.375 e. The van der Waals surface area contributed by atoms with E-state index in [0.29, 0.717) is 6.54 Å². The van der Waals surface area contributed by atoms with Crippen molar-refractivity contribution in [3.8, 4) is 0 Å². The van der Waals surface area contributed by atoms with Gasteiger partial charge in [0.25, 0.3) is 0 Å². The van der Waals surface area contributed by atoms with E-state index >= 15 is 0 Å². The van der Waals surface area contributed by atoms with Gasteiger partial charge in [-0.1, -0.05) is 26.2 Å². The van der Waals surface area contributed by atoms with Crippen LogP contribution in [0.25, 0.3) is 0 Å². The minimum atomic E-state index is -3.65. The molecule has 0 bridgehead atoms. The molecule has 0 radical (unpaired) electrons. The molecule has 0 aliphatic heterocycles. The second kappa shape index (κ2) is 6.70. The van der Waals surface area contributed by atoms with Gasteiger partial charge in [-0.2, -0.15) is 8.78 Å². The van der Waals surface area contributed by atoms with Gasteiger partial charge in [0, 0.05) is 0 Å². The third-order valence-corrected chi connectivity index (χ3v) is 1.87. The summed E-state index contributed by atoms with van der Waals surface area (Å²) in [6, 6.07) is 0. The number of halogens is 2. The molecular formula is C9H17F2NO2. The van der Waals surface area contributed by atoms with Crippen molar-refractivity contribution in [3.05, 3.63) is 0 Å². The third kappa shape index (κ3) is 5.85. The molecule has 0 saturated carbocycles. The average molecular weight is 209 g/mol. The Morgan fingerprint density at radius 3 is 2.50 bits per heavy atom. The molecule has 84 valence electrons. The zero-order valence-corrected chi connectivity index (χ0v) is 8.35. The highest BCUT2D eigenvalue weighted by Gasteiger charge is 2.37. The first-order valence-electron chi connectivity index (χ1n) is 4.82. The molecule has 0 aromatic heterocycles. The van der Waals surface area contributed by atoms with E-state index < -0.39 is 18.4 Å². The van der Waals surface area contributed by atoms with Crippen LogP contribution in [0.1, 0.15) is 32.6 Å². The average Bonchev–Trinajstić information content (AvgIpc) is 2.10. The van der Waals surface area contributed by atoms with E-state index in [1.165, 1.54) is 0 Å². The maximum absolute atomic E-state index is 12.5. The van der Waals surface area contributed by atoms with Crippen LogP contribution in [0.5, 0.6) is 0 Å². The summed E-state index contributed by atoms with van der Waals surface area (Å²) < 4.78 is 24.9. The highest BCUT2D eigenvalue weighted by atomic mass is 19.3. The number of hydrogen-bond donors (Lipinski definition) is 2. The molecule has 2 N–H and O–H groups in total. The van der Waals surface area contributed by atoms with Gasteiger partial charge in [0.05, 0.1) is 6.54 Å². The smallest absolute Gasteiger partial charge is 0.375 e. The highest BCUT2D eigenvalue weighted by Crippen LogP contribution is 2.11. The Morgan fingerprint density at radius 1 is 1.36 bits per heavy atom. The van der Waals surface area contributed by atoms with Crippen LogP contribution in [0, 0.1) is 0 Å². The molecule has 0 aromatic rings. The van der Waals surface area contributed by atoms with Crippen molar-refractivity contribution >= 4 is 5.97 Å². The summed E-state index contributed by atoms with van der Waals surface area (Å²) in [4.78, 5) is 10.00. The maximum atomic E-state index is 12.5. The summed E-state index contributed by atoms with van der Waals surface area (Å²) in [6.07, 6.45) is 3.97. The molecule has 14 heavy (non-hydrogen) atoms. The Bertz CT molecular complexity index is 174. The van der Waals surface area contributed by atoms with Crippen molar-refractivity contribution in [2.45, 2.75) is 38.5 Å². The van der Waals surface area contributed by atoms with Gasteiger partial charge in [-0.05, 0) is 13.0 Å². The van der Waals surface area contributed by atoms with Crippen LogP contribution in [0.3, 0.4) is 0 Å². The zero-order valence-electron chi connectivity index (χ0n) is 8.35. The third-order valence-electron chi connectivity index (χ3n) is 1.87. The van der Waals surface area contributed by atoms with E-state index in [2.05, 4.69) is 12.2 Å². The van der Waals surface area contributed by atoms with Gasteiger partial charge in [0.2, 0.25) is 0 Å². The zero-order chi connectivity index (χ0) is 11.0. The summed E-state index contributed by atoms with van der Waals surface area (Å²) in [5, 5.41) is 10.5. The molecule has 0 rings (SSSR count). The van der Waals surface area contributed by atoms with E-state index in [1.54, 1.807) is 0 Å². The monoisotopic (exact) mass is 209 g/mol.